The van der Waals surface area contributed by atoms with Crippen molar-refractivity contribution < 1.29 is 13.9 Å². The van der Waals surface area contributed by atoms with Gasteiger partial charge in [0, 0.05) is 12.3 Å². The lowest BCUT2D eigenvalue weighted by Crippen LogP contribution is -2.28. The predicted octanol–water partition coefficient (Wildman–Crippen LogP) is 2.83. The van der Waals surface area contributed by atoms with Gasteiger partial charge in [0.05, 0.1) is 6.10 Å². The van der Waals surface area contributed by atoms with E-state index in [1.807, 2.05) is 0 Å². The van der Waals surface area contributed by atoms with E-state index in [0.29, 0.717) is 12.3 Å². The van der Waals surface area contributed by atoms with Crippen LogP contribution in [-0.4, -0.2) is 17.1 Å². The molecule has 0 radical (unpaired) electrons. The summed E-state index contributed by atoms with van der Waals surface area (Å²) >= 11 is 0. The van der Waals surface area contributed by atoms with Crippen LogP contribution in [-0.2, 0) is 0 Å². The number of aliphatic hydroxyl groups excluding tert-OH is 1. The fraction of sp³-hybridized carbons (Fsp3) is 1.00. The maximum Gasteiger partial charge on any atom is 0.251 e. The lowest BCUT2D eigenvalue weighted by molar-refractivity contribution is 0.0310. The van der Waals surface area contributed by atoms with Crippen molar-refractivity contribution in [1.29, 1.82) is 0 Å². The van der Waals surface area contributed by atoms with E-state index >= 15 is 0 Å². The molecule has 0 aromatic rings. The van der Waals surface area contributed by atoms with E-state index in [0.717, 1.165) is 19.3 Å². The number of alkyl halides is 2. The average molecular weight is 204 g/mol. The van der Waals surface area contributed by atoms with Crippen LogP contribution in [0.5, 0.6) is 0 Å². The van der Waals surface area contributed by atoms with Crippen LogP contribution < -0.4 is 0 Å². The summed E-state index contributed by atoms with van der Waals surface area (Å²) in [6.07, 6.45) is 3.00. The topological polar surface area (TPSA) is 20.2 Å². The van der Waals surface area contributed by atoms with Gasteiger partial charge >= 0.3 is 0 Å². The Morgan fingerprint density at radius 2 is 2.00 bits per heavy atom. The molecule has 2 saturated carbocycles. The molecule has 0 heterocycles. The highest BCUT2D eigenvalue weighted by Gasteiger charge is 2.57. The van der Waals surface area contributed by atoms with Crippen LogP contribution in [0, 0.1) is 17.8 Å². The van der Waals surface area contributed by atoms with E-state index in [-0.39, 0.29) is 18.4 Å². The summed E-state index contributed by atoms with van der Waals surface area (Å²) in [5.41, 5.74) is 0. The lowest BCUT2D eigenvalue weighted by atomic mass is 9.78. The first-order valence-electron chi connectivity index (χ1n) is 5.55. The Labute approximate surface area is 83.5 Å². The Bertz CT molecular complexity index is 217. The molecule has 0 saturated heterocycles. The van der Waals surface area contributed by atoms with Gasteiger partial charge in [0.2, 0.25) is 0 Å². The zero-order valence-electron chi connectivity index (χ0n) is 8.55. The number of hydrogen-bond donors (Lipinski definition) is 1. The third-order valence-corrected chi connectivity index (χ3v) is 3.75. The minimum absolute atomic E-state index is 0.0462. The Hall–Kier alpha value is -0.180. The summed E-state index contributed by atoms with van der Waals surface area (Å²) in [5, 5.41) is 9.69. The SMILES string of the molecule is CC1CCC(O)C(CC2CC2(F)F)C1. The first kappa shape index (κ1) is 10.3. The summed E-state index contributed by atoms with van der Waals surface area (Å²) in [6.45, 7) is 2.14. The van der Waals surface area contributed by atoms with E-state index in [4.69, 9.17) is 0 Å². The molecule has 4 unspecified atom stereocenters. The Balaban J connectivity index is 1.84. The van der Waals surface area contributed by atoms with E-state index < -0.39 is 11.8 Å². The molecule has 2 aliphatic carbocycles. The third kappa shape index (κ3) is 2.08. The van der Waals surface area contributed by atoms with E-state index in [1.54, 1.807) is 0 Å². The highest BCUT2D eigenvalue weighted by atomic mass is 19.3. The minimum Gasteiger partial charge on any atom is -0.393 e. The quantitative estimate of drug-likeness (QED) is 0.733. The van der Waals surface area contributed by atoms with E-state index in [2.05, 4.69) is 6.92 Å². The predicted molar refractivity (Wildman–Crippen MR) is 50.2 cm³/mol. The summed E-state index contributed by atoms with van der Waals surface area (Å²) < 4.78 is 25.4. The van der Waals surface area contributed by atoms with Crippen molar-refractivity contribution in [2.24, 2.45) is 17.8 Å². The van der Waals surface area contributed by atoms with Gasteiger partial charge in [-0.2, -0.15) is 0 Å². The molecule has 2 aliphatic rings. The van der Waals surface area contributed by atoms with Crippen LogP contribution >= 0.6 is 0 Å². The molecule has 0 amide bonds. The molecule has 0 aromatic heterocycles. The second kappa shape index (κ2) is 3.44. The van der Waals surface area contributed by atoms with E-state index in [9.17, 15) is 13.9 Å². The maximum atomic E-state index is 12.7. The molecular formula is C11H18F2O. The van der Waals surface area contributed by atoms with Crippen molar-refractivity contribution in [2.75, 3.05) is 0 Å². The zero-order valence-corrected chi connectivity index (χ0v) is 8.55. The summed E-state index contributed by atoms with van der Waals surface area (Å²) in [4.78, 5) is 0. The Morgan fingerprint density at radius 3 is 2.57 bits per heavy atom. The molecule has 1 N–H and O–H groups in total. The van der Waals surface area contributed by atoms with Crippen molar-refractivity contribution in [2.45, 2.75) is 51.1 Å². The summed E-state index contributed by atoms with van der Waals surface area (Å²) in [5.74, 6) is -2.14. The fourth-order valence-electron chi connectivity index (χ4n) is 2.63. The number of rotatable bonds is 2. The largest absolute Gasteiger partial charge is 0.393 e. The average Bonchev–Trinajstić information content (AvgIpc) is 2.67. The van der Waals surface area contributed by atoms with Gasteiger partial charge in [0.15, 0.2) is 0 Å². The van der Waals surface area contributed by atoms with E-state index in [1.165, 1.54) is 0 Å². The first-order chi connectivity index (χ1) is 6.49. The van der Waals surface area contributed by atoms with Crippen LogP contribution in [0.15, 0.2) is 0 Å². The molecule has 82 valence electrons. The Kier molecular flexibility index (Phi) is 2.54. The molecular weight excluding hydrogens is 186 g/mol. The second-order valence-corrected chi connectivity index (χ2v) is 5.14. The molecule has 2 rings (SSSR count). The molecule has 0 spiro atoms. The third-order valence-electron chi connectivity index (χ3n) is 3.75. The zero-order chi connectivity index (χ0) is 10.3. The maximum absolute atomic E-state index is 12.7. The molecule has 1 nitrogen and oxygen atoms in total. The number of aliphatic hydroxyl groups is 1. The normalized spacial score (nSPS) is 46.3. The number of halogens is 2. The Morgan fingerprint density at radius 1 is 1.36 bits per heavy atom. The molecule has 0 aromatic carbocycles. The molecule has 0 aliphatic heterocycles. The van der Waals surface area contributed by atoms with Gasteiger partial charge in [-0.05, 0) is 37.5 Å². The van der Waals surface area contributed by atoms with Crippen LogP contribution in [0.4, 0.5) is 8.78 Å². The van der Waals surface area contributed by atoms with Crippen molar-refractivity contribution in [3.05, 3.63) is 0 Å². The minimum atomic E-state index is -2.42. The van der Waals surface area contributed by atoms with Gasteiger partial charge in [0.25, 0.3) is 5.92 Å². The van der Waals surface area contributed by atoms with Crippen LogP contribution in [0.1, 0.15) is 39.0 Å². The summed E-state index contributed by atoms with van der Waals surface area (Å²) in [6, 6.07) is 0. The van der Waals surface area contributed by atoms with Gasteiger partial charge in [-0.3, -0.25) is 0 Å². The first-order valence-corrected chi connectivity index (χ1v) is 5.55. The molecule has 0 bridgehead atoms. The fourth-order valence-corrected chi connectivity index (χ4v) is 2.63. The van der Waals surface area contributed by atoms with Crippen molar-refractivity contribution in [1.82, 2.24) is 0 Å². The van der Waals surface area contributed by atoms with Gasteiger partial charge in [0.1, 0.15) is 0 Å². The van der Waals surface area contributed by atoms with Crippen molar-refractivity contribution in [3.8, 4) is 0 Å². The number of hydrogen-bond acceptors (Lipinski definition) is 1. The van der Waals surface area contributed by atoms with Crippen LogP contribution in [0.2, 0.25) is 0 Å². The second-order valence-electron chi connectivity index (χ2n) is 5.14. The van der Waals surface area contributed by atoms with Gasteiger partial charge < -0.3 is 5.11 Å². The lowest BCUT2D eigenvalue weighted by Gasteiger charge is -2.31. The highest BCUT2D eigenvalue weighted by Crippen LogP contribution is 2.53. The van der Waals surface area contributed by atoms with Crippen LogP contribution in [0.3, 0.4) is 0 Å². The van der Waals surface area contributed by atoms with Crippen molar-refractivity contribution >= 4 is 0 Å². The molecule has 4 atom stereocenters. The standard InChI is InChI=1S/C11H18F2O/c1-7-2-3-10(14)8(4-7)5-9-6-11(9,12)13/h7-10,14H,2-6H2,1H3. The smallest absolute Gasteiger partial charge is 0.251 e. The highest BCUT2D eigenvalue weighted by molar-refractivity contribution is 4.97. The molecule has 3 heteroatoms. The van der Waals surface area contributed by atoms with Gasteiger partial charge in [-0.1, -0.05) is 6.92 Å². The van der Waals surface area contributed by atoms with Gasteiger partial charge in [-0.15, -0.1) is 0 Å². The van der Waals surface area contributed by atoms with Crippen molar-refractivity contribution in [3.63, 3.8) is 0 Å². The van der Waals surface area contributed by atoms with Crippen LogP contribution in [0.25, 0.3) is 0 Å². The monoisotopic (exact) mass is 204 g/mol. The molecule has 14 heavy (non-hydrogen) atoms. The molecule has 2 fully saturated rings. The van der Waals surface area contributed by atoms with Gasteiger partial charge in [-0.25, -0.2) is 8.78 Å². The summed E-state index contributed by atoms with van der Waals surface area (Å²) in [7, 11) is 0.